The van der Waals surface area contributed by atoms with Crippen LogP contribution in [-0.2, 0) is 423 Å². The summed E-state index contributed by atoms with van der Waals surface area (Å²) in [5.74, 6) is 7.80. The number of terminal acetylenes is 1. The fourth-order valence-corrected chi connectivity index (χ4v) is 127. The second-order valence-electron chi connectivity index (χ2n) is 24.0. The summed E-state index contributed by atoms with van der Waals surface area (Å²) in [7, 11) is 77.1. The van der Waals surface area contributed by atoms with Gasteiger partial charge in [-0.2, -0.15) is 4.39 Å². The third kappa shape index (κ3) is 54.6. The molecule has 6 atom stereocenters. The summed E-state index contributed by atoms with van der Waals surface area (Å²) in [6.45, 7) is 26.6. The first-order valence-electron chi connectivity index (χ1n) is 31.4. The van der Waals surface area contributed by atoms with Crippen molar-refractivity contribution in [3.63, 3.8) is 0 Å². The Balaban J connectivity index is 0.000000798. The van der Waals surface area contributed by atoms with E-state index in [0.717, 1.165) is 103 Å². The van der Waals surface area contributed by atoms with Crippen molar-refractivity contribution < 1.29 is 18.7 Å². The maximum Gasteiger partial charge on any atom is 0.410 e. The van der Waals surface area contributed by atoms with Crippen molar-refractivity contribution in [3.8, 4) is 23.8 Å². The molecule has 6 bridgehead atoms. The number of hydrogen-bond donors (Lipinski definition) is 2. The van der Waals surface area contributed by atoms with Gasteiger partial charge in [0.15, 0.2) is 0 Å². The van der Waals surface area contributed by atoms with E-state index in [0.29, 0.717) is 42.3 Å². The van der Waals surface area contributed by atoms with Gasteiger partial charge in [-0.1, -0.05) is 61.2 Å². The van der Waals surface area contributed by atoms with Gasteiger partial charge in [0, 0.05) is 522 Å². The Morgan fingerprint density at radius 1 is 0.504 bits per heavy atom. The zero-order valence-corrected chi connectivity index (χ0v) is 101. The summed E-state index contributed by atoms with van der Waals surface area (Å²) in [6, 6.07) is 9.73. The Kier molecular flexibility index (Phi) is 77.8. The minimum atomic E-state index is -1.33. The largest absolute Gasteiger partial charge is 0.444 e. The van der Waals surface area contributed by atoms with Crippen LogP contribution in [0.1, 0.15) is 117 Å². The molecule has 12 nitrogen and oxygen atoms in total. The number of anilines is 2. The first-order chi connectivity index (χ1) is 54.2. The lowest BCUT2D eigenvalue weighted by Gasteiger charge is -2.48. The normalized spacial score (nSPS) is 17.4. The number of fused-ring (bicyclic) bond motifs is 6. The van der Waals surface area contributed by atoms with Crippen molar-refractivity contribution in [2.75, 3.05) is 62.3 Å². The Bertz CT molecular complexity index is 5980. The molecule has 7 saturated heterocycles. The van der Waals surface area contributed by atoms with E-state index < -0.39 is 14.0 Å². The van der Waals surface area contributed by atoms with Crippen molar-refractivity contribution in [2.24, 2.45) is 0 Å². The molecule has 0 aliphatic carbocycles. The summed E-state index contributed by atoms with van der Waals surface area (Å²) in [5.41, 5.74) is 8.34. The maximum absolute atomic E-state index is 12.2. The molecule has 10 heterocycles. The Hall–Kier alpha value is 6.57. The van der Waals surface area contributed by atoms with E-state index in [1.165, 1.54) is 61.3 Å². The van der Waals surface area contributed by atoms with Crippen molar-refractivity contribution in [3.05, 3.63) is 74.1 Å². The van der Waals surface area contributed by atoms with Gasteiger partial charge in [-0.15, -0.1) is 24.4 Å². The molecule has 0 aromatic carbocycles. The third-order valence-electron chi connectivity index (χ3n) is 14.6. The maximum atomic E-state index is 12.2. The molecule has 7 fully saturated rings. The van der Waals surface area contributed by atoms with Crippen molar-refractivity contribution >= 4 is 474 Å². The van der Waals surface area contributed by atoms with Gasteiger partial charge in [-0.25, -0.2) is 19.7 Å². The molecule has 0 radical (unpaired) electrons. The standard InChI is InChI=1S/C17H21N3O.C17H25N3Si.C11H20N2O2.C6H5FIN.4CH4.ClH.S46/c1-3-13-7-18-17(6-12(13)2)19-8-14-4-5-15(9-19)20(14)16-10-21-11-16;1-13-9-17(18-10-14(13)7-8-21(2,3)4)20-11-15-5-6-16(12-20)19-15;1-11(2,3)15-10(14)13-8-4-5-9(13)7-12-6-8;1-4-2-6(7)9-3-5(4)8;;;;;;1-3-5-7-9-11-13-15-17-19-21-23-25-27-29-31-33-35-37-39-41-43-45-46-44-42-40-38-36-34-32-30-28-26-24-22-20-18-16-14-12-10-8-6-4-2/h1,6-7,14-16H,4-5,8-11H2,2H3;9-10,15-16,19H,5-6,11-12H2,1-4H3;8-9,12H,4-7H2,1-3H3;2-3H,1H3;4*1H4;1H;. The smallest absolute Gasteiger partial charge is 0.410 e. The molecule has 2 N–H and O–H groups in total. The molecule has 62 heteroatoms. The van der Waals surface area contributed by atoms with Crippen LogP contribution in [0.25, 0.3) is 0 Å². The number of nitrogens with zero attached hydrogens (tertiary/aromatic N) is 7. The number of amides is 1. The Labute approximate surface area is 848 Å². The number of ether oxygens (including phenoxy) is 2. The molecular weight excluding hydrogens is 2520 g/mol. The topological polar surface area (TPSA) is 111 Å². The minimum Gasteiger partial charge on any atom is -0.444 e. The van der Waals surface area contributed by atoms with Gasteiger partial charge in [-0.3, -0.25) is 9.80 Å². The fraction of sp³-hybridized carbons (Fsp3) is 0.636. The molecular formula is C55H88ClFIN9O3S46Si. The summed E-state index contributed by atoms with van der Waals surface area (Å²) in [5, 5.41) is 7.01. The molecule has 117 heavy (non-hydrogen) atoms. The second-order valence-corrected chi connectivity index (χ2v) is 108. The number of nitrogens with one attached hydrogen (secondary N) is 2. The Morgan fingerprint density at radius 3 is 1.13 bits per heavy atom. The molecule has 1 amide bonds. The zero-order valence-electron chi connectivity index (χ0n) is 59.8. The van der Waals surface area contributed by atoms with E-state index in [-0.39, 0.29) is 53.8 Å². The highest BCUT2D eigenvalue weighted by Gasteiger charge is 2.46. The lowest BCUT2D eigenvalue weighted by atomic mass is 10.1. The van der Waals surface area contributed by atoms with Crippen molar-refractivity contribution in [1.82, 2.24) is 35.4 Å². The van der Waals surface area contributed by atoms with E-state index in [2.05, 4.69) is 126 Å². The molecule has 10 rings (SSSR count). The molecule has 6 unspecified atom stereocenters. The van der Waals surface area contributed by atoms with Crippen LogP contribution >= 0.6 is 35.0 Å². The van der Waals surface area contributed by atoms with Crippen LogP contribution in [0.4, 0.5) is 20.8 Å². The molecule has 672 valence electrons. The van der Waals surface area contributed by atoms with Gasteiger partial charge < -0.3 is 29.9 Å². The first-order valence-corrected chi connectivity index (χ1v) is 96.0. The number of carbonyl (C=O) groups excluding carboxylic acids is 1. The number of pyridine rings is 3. The van der Waals surface area contributed by atoms with Crippen LogP contribution in [0.2, 0.25) is 19.6 Å². The Morgan fingerprint density at radius 2 is 0.838 bits per heavy atom. The monoisotopic (exact) mass is 2600 g/mol. The second kappa shape index (κ2) is 74.8. The summed E-state index contributed by atoms with van der Waals surface area (Å²) in [6.07, 6.45) is 18.1. The van der Waals surface area contributed by atoms with E-state index in [1.54, 1.807) is 107 Å². The molecule has 3 aromatic heterocycles. The molecule has 7 aliphatic rings. The van der Waals surface area contributed by atoms with Crippen LogP contribution in [0.15, 0.2) is 36.8 Å². The van der Waals surface area contributed by atoms with Crippen LogP contribution in [-0.4, -0.2) is 139 Å². The third-order valence-corrected chi connectivity index (χ3v) is 112. The highest BCUT2D eigenvalue weighted by molar-refractivity contribution is 14.1. The lowest BCUT2D eigenvalue weighted by Crippen LogP contribution is -2.62. The lowest BCUT2D eigenvalue weighted by molar-refractivity contribution is -0.0850. The van der Waals surface area contributed by atoms with Gasteiger partial charge in [0.2, 0.25) is 5.95 Å². The average molecular weight is 2610 g/mol. The van der Waals surface area contributed by atoms with E-state index >= 15 is 0 Å². The molecule has 7 aliphatic heterocycles. The average Bonchev–Trinajstić information content (AvgIpc) is 1.65. The fourth-order valence-electron chi connectivity index (χ4n) is 10.4. The highest BCUT2D eigenvalue weighted by atomic mass is 127. The number of rotatable bonds is 3. The van der Waals surface area contributed by atoms with Gasteiger partial charge in [0.05, 0.1) is 19.3 Å². The van der Waals surface area contributed by atoms with Gasteiger partial charge >= 0.3 is 6.09 Å². The number of aromatic nitrogens is 3. The number of halogens is 3. The molecule has 0 saturated carbocycles. The highest BCUT2D eigenvalue weighted by Crippen LogP contribution is 2.36. The summed E-state index contributed by atoms with van der Waals surface area (Å²) < 4.78 is 24.0. The predicted octanol–water partition coefficient (Wildman–Crippen LogP) is 10.3. The van der Waals surface area contributed by atoms with E-state index in [4.69, 9.17) is 38.3 Å². The van der Waals surface area contributed by atoms with E-state index in [9.17, 15) is 9.18 Å². The quantitative estimate of drug-likeness (QED) is 0.113. The van der Waals surface area contributed by atoms with E-state index in [1.807, 2.05) is 311 Å². The minimum absolute atomic E-state index is 0. The number of hydrogen-bond acceptors (Lipinski definition) is 13. The number of piperazine rings is 3. The number of carbonyl (C=O) groups is 1. The number of aryl methyl sites for hydroxylation is 3. The van der Waals surface area contributed by atoms with Crippen LogP contribution in [0.3, 0.4) is 0 Å². The first kappa shape index (κ1) is 122. The predicted molar refractivity (Wildman–Crippen MR) is 646 cm³/mol. The van der Waals surface area contributed by atoms with Gasteiger partial charge in [0.1, 0.15) is 25.3 Å². The van der Waals surface area contributed by atoms with Gasteiger partial charge in [-0.05, 0) is 138 Å². The SMILES string of the molecule is C.C.C.C.C#Cc1cnc(N2CC3CCC(C2)N3C2COC2)cc1C.CC(C)(C)OC(=O)N1C2CCC1CNC2.Cc1cc(F)ncc1I.Cc1cc(N2CC3CCC(C2)N3)ncc1C#C[Si](C)(C)C.Cl.S=S=S=S=S=S=S=S=S=S=S=S=S=S=S=S=S=S=S=S=S=S=S=S=S=S=S=S=S=S=S=S=S=S=S=S=S=S=S=S=S=S=S=S=S=S. The summed E-state index contributed by atoms with van der Waals surface area (Å²) >= 11 is 11.7. The molecule has 0 spiro atoms. The zero-order chi connectivity index (χ0) is 80.5. The van der Waals surface area contributed by atoms with Crippen LogP contribution < -0.4 is 20.4 Å². The van der Waals surface area contributed by atoms with Crippen molar-refractivity contribution in [1.29, 1.82) is 0 Å². The van der Waals surface area contributed by atoms with Gasteiger partial charge in [0.25, 0.3) is 0 Å². The molecule has 3 aromatic rings. The van der Waals surface area contributed by atoms with Crippen LogP contribution in [0.5, 0.6) is 0 Å². The van der Waals surface area contributed by atoms with Crippen LogP contribution in [0, 0.1) is 54.1 Å². The summed E-state index contributed by atoms with van der Waals surface area (Å²) in [4.78, 5) is 34.2. The van der Waals surface area contributed by atoms with Crippen molar-refractivity contribution in [2.45, 2.75) is 177 Å².